The third kappa shape index (κ3) is 6.19. The minimum absolute atomic E-state index is 0.00319. The SMILES string of the molecule is COc1cc(-c2cn(C)c(=O)c(C)c2C)cc(OC)c1CN1CCN(c2cccc3c2CCN(C(=O)C(C#N)=CC2(F)CC2)C3C)CC1. The average molecular weight is 654 g/mol. The average Bonchev–Trinajstić information content (AvgIpc) is 3.84. The van der Waals surface area contributed by atoms with Crippen LogP contribution < -0.4 is 19.9 Å². The van der Waals surface area contributed by atoms with Crippen molar-refractivity contribution in [1.82, 2.24) is 14.4 Å². The lowest BCUT2D eigenvalue weighted by atomic mass is 9.90. The van der Waals surface area contributed by atoms with Crippen LogP contribution in [0.2, 0.25) is 0 Å². The fraction of sp³-hybridized carbons (Fsp3) is 0.447. The van der Waals surface area contributed by atoms with Crippen molar-refractivity contribution in [2.75, 3.05) is 51.8 Å². The molecule has 3 aliphatic rings. The van der Waals surface area contributed by atoms with E-state index in [0.717, 1.165) is 71.1 Å². The highest BCUT2D eigenvalue weighted by molar-refractivity contribution is 5.98. The summed E-state index contributed by atoms with van der Waals surface area (Å²) in [5.41, 5.74) is 6.44. The van der Waals surface area contributed by atoms with Gasteiger partial charge in [0.25, 0.3) is 11.5 Å². The molecule has 3 aromatic rings. The summed E-state index contributed by atoms with van der Waals surface area (Å²) in [6.07, 6.45) is 4.50. The third-order valence-corrected chi connectivity index (χ3v) is 10.4. The van der Waals surface area contributed by atoms with E-state index in [1.54, 1.807) is 30.7 Å². The zero-order valence-corrected chi connectivity index (χ0v) is 28.7. The number of hydrogen-bond acceptors (Lipinski definition) is 7. The molecule has 1 unspecified atom stereocenters. The van der Waals surface area contributed by atoms with E-state index in [0.29, 0.717) is 32.4 Å². The van der Waals surface area contributed by atoms with E-state index >= 15 is 0 Å². The molecule has 48 heavy (non-hydrogen) atoms. The highest BCUT2D eigenvalue weighted by Crippen LogP contribution is 2.43. The molecule has 10 heteroatoms. The molecule has 1 aliphatic carbocycles. The highest BCUT2D eigenvalue weighted by atomic mass is 19.1. The number of alkyl halides is 1. The molecule has 2 aromatic carbocycles. The summed E-state index contributed by atoms with van der Waals surface area (Å²) in [6.45, 7) is 10.3. The molecule has 0 N–H and O–H groups in total. The van der Waals surface area contributed by atoms with Crippen molar-refractivity contribution < 1.29 is 18.7 Å². The van der Waals surface area contributed by atoms with Crippen molar-refractivity contribution in [3.8, 4) is 28.7 Å². The molecule has 3 heterocycles. The molecule has 1 saturated carbocycles. The molecular weight excluding hydrogens is 609 g/mol. The van der Waals surface area contributed by atoms with E-state index in [4.69, 9.17) is 9.47 Å². The number of aromatic nitrogens is 1. The van der Waals surface area contributed by atoms with Gasteiger partial charge in [0.1, 0.15) is 28.8 Å². The van der Waals surface area contributed by atoms with Gasteiger partial charge in [0.15, 0.2) is 0 Å². The van der Waals surface area contributed by atoms with Crippen LogP contribution in [0.15, 0.2) is 53.0 Å². The van der Waals surface area contributed by atoms with Crippen LogP contribution in [0.1, 0.15) is 53.6 Å². The first-order valence-electron chi connectivity index (χ1n) is 16.6. The number of nitriles is 1. The summed E-state index contributed by atoms with van der Waals surface area (Å²) in [7, 11) is 5.12. The van der Waals surface area contributed by atoms with E-state index in [-0.39, 0.29) is 17.2 Å². The predicted octanol–water partition coefficient (Wildman–Crippen LogP) is 5.41. The number of rotatable bonds is 8. The third-order valence-electron chi connectivity index (χ3n) is 10.4. The Hall–Kier alpha value is -4.62. The van der Waals surface area contributed by atoms with E-state index in [2.05, 4.69) is 21.9 Å². The Labute approximate surface area is 281 Å². The van der Waals surface area contributed by atoms with Gasteiger partial charge in [-0.05, 0) is 86.6 Å². The first-order chi connectivity index (χ1) is 23.0. The van der Waals surface area contributed by atoms with Gasteiger partial charge in [0, 0.05) is 69.3 Å². The number of carbonyl (C=O) groups is 1. The van der Waals surface area contributed by atoms with Gasteiger partial charge >= 0.3 is 0 Å². The lowest BCUT2D eigenvalue weighted by Crippen LogP contribution is -2.47. The second-order valence-electron chi connectivity index (χ2n) is 13.3. The van der Waals surface area contributed by atoms with Gasteiger partial charge in [-0.25, -0.2) is 4.39 Å². The van der Waals surface area contributed by atoms with Crippen molar-refractivity contribution in [1.29, 1.82) is 5.26 Å². The normalized spacial score (nSPS) is 19.0. The maximum Gasteiger partial charge on any atom is 0.264 e. The molecule has 0 radical (unpaired) electrons. The van der Waals surface area contributed by atoms with Gasteiger partial charge in [-0.1, -0.05) is 12.1 Å². The number of amides is 1. The van der Waals surface area contributed by atoms with Crippen molar-refractivity contribution in [3.05, 3.63) is 86.3 Å². The molecule has 1 atom stereocenters. The van der Waals surface area contributed by atoms with Crippen LogP contribution in [0.5, 0.6) is 11.5 Å². The number of piperazine rings is 1. The number of hydrogen-bond donors (Lipinski definition) is 0. The maximum absolute atomic E-state index is 14.4. The number of aryl methyl sites for hydroxylation is 1. The van der Waals surface area contributed by atoms with Crippen molar-refractivity contribution in [2.24, 2.45) is 7.05 Å². The van der Waals surface area contributed by atoms with Gasteiger partial charge in [-0.2, -0.15) is 5.26 Å². The molecule has 6 rings (SSSR count). The Morgan fingerprint density at radius 2 is 1.73 bits per heavy atom. The molecule has 0 spiro atoms. The van der Waals surface area contributed by atoms with Crippen LogP contribution in [0.3, 0.4) is 0 Å². The number of halogens is 1. The molecule has 2 fully saturated rings. The second kappa shape index (κ2) is 13.1. The zero-order chi connectivity index (χ0) is 34.3. The van der Waals surface area contributed by atoms with Crippen molar-refractivity contribution in [3.63, 3.8) is 0 Å². The number of fused-ring (bicyclic) bond motifs is 1. The number of anilines is 1. The fourth-order valence-electron chi connectivity index (χ4n) is 7.18. The maximum atomic E-state index is 14.4. The number of nitrogens with zero attached hydrogens (tertiary/aromatic N) is 5. The number of ether oxygens (including phenoxy) is 2. The lowest BCUT2D eigenvalue weighted by molar-refractivity contribution is -0.129. The smallest absolute Gasteiger partial charge is 0.264 e. The number of allylic oxidation sites excluding steroid dienone is 1. The molecule has 9 nitrogen and oxygen atoms in total. The van der Waals surface area contributed by atoms with Crippen LogP contribution in [-0.2, 0) is 24.8 Å². The number of benzene rings is 2. The summed E-state index contributed by atoms with van der Waals surface area (Å²) < 4.78 is 27.8. The molecule has 1 saturated heterocycles. The lowest BCUT2D eigenvalue weighted by Gasteiger charge is -2.40. The van der Waals surface area contributed by atoms with E-state index in [1.165, 1.54) is 17.3 Å². The summed E-state index contributed by atoms with van der Waals surface area (Å²) >= 11 is 0. The minimum Gasteiger partial charge on any atom is -0.496 e. The van der Waals surface area contributed by atoms with Gasteiger partial charge in [0.05, 0.1) is 25.8 Å². The number of carbonyl (C=O) groups excluding carboxylic acids is 1. The quantitative estimate of drug-likeness (QED) is 0.237. The van der Waals surface area contributed by atoms with Crippen LogP contribution in [0.4, 0.5) is 10.1 Å². The Kier molecular flexibility index (Phi) is 9.10. The molecule has 1 amide bonds. The summed E-state index contributed by atoms with van der Waals surface area (Å²) in [6, 6.07) is 12.1. The second-order valence-corrected chi connectivity index (χ2v) is 13.3. The van der Waals surface area contributed by atoms with Crippen LogP contribution in [0.25, 0.3) is 11.1 Å². The largest absolute Gasteiger partial charge is 0.496 e. The summed E-state index contributed by atoms with van der Waals surface area (Å²) in [5, 5.41) is 9.62. The van der Waals surface area contributed by atoms with Gasteiger partial charge in [0.2, 0.25) is 0 Å². The van der Waals surface area contributed by atoms with Crippen molar-refractivity contribution >= 4 is 11.6 Å². The monoisotopic (exact) mass is 653 g/mol. The molecular formula is C38H44FN5O4. The highest BCUT2D eigenvalue weighted by Gasteiger charge is 2.43. The van der Waals surface area contributed by atoms with E-state index < -0.39 is 11.6 Å². The number of pyridine rings is 1. The Morgan fingerprint density at radius 3 is 2.33 bits per heavy atom. The van der Waals surface area contributed by atoms with Crippen LogP contribution in [0, 0.1) is 25.2 Å². The Morgan fingerprint density at radius 1 is 1.06 bits per heavy atom. The van der Waals surface area contributed by atoms with Crippen LogP contribution in [-0.4, -0.2) is 72.9 Å². The van der Waals surface area contributed by atoms with Gasteiger partial charge in [-0.3, -0.25) is 14.5 Å². The standard InChI is InChI=1S/C38H44FN5O4/c1-24-25(2)36(45)41(4)22-31(24)27-18-34(47-5)32(35(19-27)48-6)23-42-14-16-43(17-15-42)33-9-7-8-29-26(3)44(13-10-30(29)33)37(46)28(21-40)20-38(39)11-12-38/h7-9,18-20,22,26H,10-17,23H2,1-6H3. The van der Waals surface area contributed by atoms with E-state index in [1.807, 2.05) is 51.2 Å². The topological polar surface area (TPSA) is 91.0 Å². The van der Waals surface area contributed by atoms with Gasteiger partial charge < -0.3 is 23.8 Å². The minimum atomic E-state index is -1.50. The number of methoxy groups -OCH3 is 2. The first kappa shape index (κ1) is 33.3. The summed E-state index contributed by atoms with van der Waals surface area (Å²) in [4.78, 5) is 32.3. The van der Waals surface area contributed by atoms with Crippen molar-refractivity contribution in [2.45, 2.75) is 58.3 Å². The Balaban J connectivity index is 1.17. The summed E-state index contributed by atoms with van der Waals surface area (Å²) in [5.74, 6) is 1.10. The zero-order valence-electron chi connectivity index (χ0n) is 28.7. The Bertz CT molecular complexity index is 1860. The van der Waals surface area contributed by atoms with Gasteiger partial charge in [-0.15, -0.1) is 0 Å². The molecule has 1 aromatic heterocycles. The molecule has 2 aliphatic heterocycles. The fourth-order valence-corrected chi connectivity index (χ4v) is 7.18. The van der Waals surface area contributed by atoms with E-state index in [9.17, 15) is 19.2 Å². The first-order valence-corrected chi connectivity index (χ1v) is 16.6. The molecule has 0 bridgehead atoms. The predicted molar refractivity (Wildman–Crippen MR) is 184 cm³/mol. The van der Waals surface area contributed by atoms with Crippen LogP contribution >= 0.6 is 0 Å². The molecule has 252 valence electrons.